The Balaban J connectivity index is 1.34. The number of benzene rings is 1. The van der Waals surface area contributed by atoms with Gasteiger partial charge in [-0.25, -0.2) is 0 Å². The summed E-state index contributed by atoms with van der Waals surface area (Å²) in [5, 5.41) is 8.52. The third-order valence-corrected chi connectivity index (χ3v) is 5.31. The zero-order valence-corrected chi connectivity index (χ0v) is 15.5. The second kappa shape index (κ2) is 6.96. The third-order valence-electron chi connectivity index (χ3n) is 5.31. The van der Waals surface area contributed by atoms with Crippen LogP contribution in [-0.4, -0.2) is 25.7 Å². The molecule has 0 atom stereocenters. The molecule has 5 rings (SSSR count). The largest absolute Gasteiger partial charge is 0.358 e. The molecule has 0 saturated carbocycles. The number of nitrogens with one attached hydrogen (secondary N) is 2. The molecule has 0 saturated heterocycles. The number of rotatable bonds is 4. The van der Waals surface area contributed by atoms with Gasteiger partial charge < -0.3 is 10.3 Å². The number of aromatic amines is 1. The van der Waals surface area contributed by atoms with Crippen molar-refractivity contribution in [3.8, 4) is 0 Å². The third kappa shape index (κ3) is 3.17. The number of H-pyrrole nitrogens is 1. The van der Waals surface area contributed by atoms with Crippen LogP contribution in [0.15, 0.2) is 55.0 Å². The molecule has 0 aliphatic heterocycles. The van der Waals surface area contributed by atoms with Gasteiger partial charge in [-0.1, -0.05) is 6.07 Å². The van der Waals surface area contributed by atoms with Crippen molar-refractivity contribution < 1.29 is 4.79 Å². The topological polar surface area (TPSA) is 75.6 Å². The second-order valence-electron chi connectivity index (χ2n) is 7.26. The van der Waals surface area contributed by atoms with Crippen molar-refractivity contribution in [3.05, 3.63) is 77.4 Å². The fraction of sp³-hybridized carbons (Fsp3) is 0.227. The first kappa shape index (κ1) is 16.7. The first-order valence-corrected chi connectivity index (χ1v) is 9.63. The highest BCUT2D eigenvalue weighted by Gasteiger charge is 2.17. The molecule has 140 valence electrons. The van der Waals surface area contributed by atoms with Crippen LogP contribution in [0.4, 0.5) is 5.82 Å². The predicted molar refractivity (Wildman–Crippen MR) is 108 cm³/mol. The van der Waals surface area contributed by atoms with Crippen molar-refractivity contribution >= 4 is 22.6 Å². The summed E-state index contributed by atoms with van der Waals surface area (Å²) in [5.74, 6) is 0.407. The Hall–Kier alpha value is -3.41. The Labute approximate surface area is 162 Å². The summed E-state index contributed by atoms with van der Waals surface area (Å²) in [5.41, 5.74) is 5.53. The first-order valence-electron chi connectivity index (χ1n) is 9.63. The Morgan fingerprint density at radius 2 is 2.11 bits per heavy atom. The Kier molecular flexibility index (Phi) is 4.16. The monoisotopic (exact) mass is 371 g/mol. The summed E-state index contributed by atoms with van der Waals surface area (Å²) in [7, 11) is 0. The summed E-state index contributed by atoms with van der Waals surface area (Å²) in [4.78, 5) is 20.4. The number of pyridine rings is 1. The summed E-state index contributed by atoms with van der Waals surface area (Å²) in [6, 6.07) is 11.6. The molecule has 0 radical (unpaired) electrons. The van der Waals surface area contributed by atoms with Crippen molar-refractivity contribution in [1.29, 1.82) is 0 Å². The van der Waals surface area contributed by atoms with Gasteiger partial charge in [0.05, 0.1) is 6.54 Å². The van der Waals surface area contributed by atoms with Crippen LogP contribution in [0.25, 0.3) is 10.9 Å². The number of anilines is 1. The minimum absolute atomic E-state index is 0.140. The van der Waals surface area contributed by atoms with E-state index in [0.29, 0.717) is 17.9 Å². The highest BCUT2D eigenvalue weighted by Crippen LogP contribution is 2.29. The van der Waals surface area contributed by atoms with Gasteiger partial charge >= 0.3 is 0 Å². The fourth-order valence-corrected chi connectivity index (χ4v) is 3.93. The van der Waals surface area contributed by atoms with Gasteiger partial charge in [-0.3, -0.25) is 14.5 Å². The molecule has 0 spiro atoms. The molecular weight excluding hydrogens is 350 g/mol. The van der Waals surface area contributed by atoms with Gasteiger partial charge in [0, 0.05) is 46.8 Å². The van der Waals surface area contributed by atoms with Crippen LogP contribution in [-0.2, 0) is 19.4 Å². The molecule has 6 nitrogen and oxygen atoms in total. The van der Waals surface area contributed by atoms with E-state index in [1.807, 2.05) is 48.8 Å². The molecule has 28 heavy (non-hydrogen) atoms. The van der Waals surface area contributed by atoms with Gasteiger partial charge in [0.15, 0.2) is 5.82 Å². The van der Waals surface area contributed by atoms with Gasteiger partial charge in [-0.2, -0.15) is 5.10 Å². The average molecular weight is 371 g/mol. The van der Waals surface area contributed by atoms with Crippen molar-refractivity contribution in [2.45, 2.75) is 32.2 Å². The molecule has 0 bridgehead atoms. The lowest BCUT2D eigenvalue weighted by molar-refractivity contribution is 0.102. The molecule has 4 aromatic rings. The second-order valence-corrected chi connectivity index (χ2v) is 7.26. The number of aromatic nitrogens is 4. The van der Waals surface area contributed by atoms with Gasteiger partial charge in [0.1, 0.15) is 0 Å². The van der Waals surface area contributed by atoms with Crippen molar-refractivity contribution in [3.63, 3.8) is 0 Å². The maximum absolute atomic E-state index is 12.7. The fourth-order valence-electron chi connectivity index (χ4n) is 3.93. The lowest BCUT2D eigenvalue weighted by atomic mass is 9.95. The van der Waals surface area contributed by atoms with E-state index in [2.05, 4.69) is 20.4 Å². The molecule has 3 heterocycles. The minimum Gasteiger partial charge on any atom is -0.358 e. The SMILES string of the molecule is O=C(Nc1ccn(Cc2cccnc2)n1)c1ccc2[nH]c3c(c2c1)CCCC3. The highest BCUT2D eigenvalue weighted by atomic mass is 16.1. The molecular formula is C22H21N5O. The Bertz CT molecular complexity index is 1140. The smallest absolute Gasteiger partial charge is 0.256 e. The molecule has 0 unspecified atom stereocenters. The zero-order valence-electron chi connectivity index (χ0n) is 15.5. The lowest BCUT2D eigenvalue weighted by Gasteiger charge is -2.10. The van der Waals surface area contributed by atoms with Crippen LogP contribution in [0, 0.1) is 0 Å². The maximum Gasteiger partial charge on any atom is 0.256 e. The Morgan fingerprint density at radius 1 is 1.18 bits per heavy atom. The summed E-state index contributed by atoms with van der Waals surface area (Å²) in [6.07, 6.45) is 10.0. The van der Waals surface area contributed by atoms with Crippen LogP contribution >= 0.6 is 0 Å². The predicted octanol–water partition coefficient (Wildman–Crippen LogP) is 3.94. The van der Waals surface area contributed by atoms with Crippen molar-refractivity contribution in [2.75, 3.05) is 5.32 Å². The Morgan fingerprint density at radius 3 is 3.00 bits per heavy atom. The molecule has 1 aliphatic carbocycles. The number of fused-ring (bicyclic) bond motifs is 3. The molecule has 6 heteroatoms. The summed E-state index contributed by atoms with van der Waals surface area (Å²) >= 11 is 0. The van der Waals surface area contributed by atoms with Gasteiger partial charge in [0.2, 0.25) is 0 Å². The summed E-state index contributed by atoms with van der Waals surface area (Å²) in [6.45, 7) is 0.616. The van der Waals surface area contributed by atoms with Crippen LogP contribution in [0.1, 0.15) is 40.0 Å². The van der Waals surface area contributed by atoms with Gasteiger partial charge in [-0.05, 0) is 61.1 Å². The van der Waals surface area contributed by atoms with E-state index in [-0.39, 0.29) is 5.91 Å². The molecule has 3 aromatic heterocycles. The number of hydrogen-bond acceptors (Lipinski definition) is 3. The van der Waals surface area contributed by atoms with E-state index in [4.69, 9.17) is 0 Å². The number of amides is 1. The van der Waals surface area contributed by atoms with Crippen LogP contribution in [0.5, 0.6) is 0 Å². The van der Waals surface area contributed by atoms with E-state index >= 15 is 0 Å². The number of carbonyl (C=O) groups excluding carboxylic acids is 1. The maximum atomic E-state index is 12.7. The number of carbonyl (C=O) groups is 1. The normalized spacial score (nSPS) is 13.4. The quantitative estimate of drug-likeness (QED) is 0.570. The molecule has 1 aliphatic rings. The van der Waals surface area contributed by atoms with Crippen LogP contribution in [0.3, 0.4) is 0 Å². The van der Waals surface area contributed by atoms with E-state index in [0.717, 1.165) is 23.9 Å². The lowest BCUT2D eigenvalue weighted by Crippen LogP contribution is -2.13. The van der Waals surface area contributed by atoms with E-state index in [1.165, 1.54) is 29.5 Å². The van der Waals surface area contributed by atoms with Crippen molar-refractivity contribution in [1.82, 2.24) is 19.7 Å². The molecule has 1 amide bonds. The molecule has 0 fully saturated rings. The van der Waals surface area contributed by atoms with Crippen molar-refractivity contribution in [2.24, 2.45) is 0 Å². The van der Waals surface area contributed by atoms with Crippen LogP contribution < -0.4 is 5.32 Å². The standard InChI is InChI=1S/C22H21N5O/c28-22(25-21-9-11-27(26-21)14-15-4-3-10-23-13-15)16-7-8-20-18(12-16)17-5-1-2-6-19(17)24-20/h3-4,7-13,24H,1-2,5-6,14H2,(H,25,26,28). The number of aryl methyl sites for hydroxylation is 2. The van der Waals surface area contributed by atoms with E-state index < -0.39 is 0 Å². The van der Waals surface area contributed by atoms with E-state index in [9.17, 15) is 4.79 Å². The van der Waals surface area contributed by atoms with Gasteiger partial charge in [-0.15, -0.1) is 0 Å². The number of nitrogens with zero attached hydrogens (tertiary/aromatic N) is 3. The first-order chi connectivity index (χ1) is 13.8. The molecule has 1 aromatic carbocycles. The zero-order chi connectivity index (χ0) is 18.9. The van der Waals surface area contributed by atoms with E-state index in [1.54, 1.807) is 10.9 Å². The van der Waals surface area contributed by atoms with Gasteiger partial charge in [0.25, 0.3) is 5.91 Å². The molecule has 2 N–H and O–H groups in total. The summed E-state index contributed by atoms with van der Waals surface area (Å²) < 4.78 is 1.79. The van der Waals surface area contributed by atoms with Crippen LogP contribution in [0.2, 0.25) is 0 Å². The average Bonchev–Trinajstić information content (AvgIpc) is 3.32. The minimum atomic E-state index is -0.140. The number of hydrogen-bond donors (Lipinski definition) is 2. The highest BCUT2D eigenvalue weighted by molar-refractivity contribution is 6.06.